The number of thiophene rings is 1. The summed E-state index contributed by atoms with van der Waals surface area (Å²) in [5, 5.41) is 0. The highest BCUT2D eigenvalue weighted by molar-refractivity contribution is 9.10. The highest BCUT2D eigenvalue weighted by Gasteiger charge is 2.71. The number of rotatable bonds is 1. The van der Waals surface area contributed by atoms with Gasteiger partial charge in [-0.15, -0.1) is 11.3 Å². The highest BCUT2D eigenvalue weighted by atomic mass is 79.9. The molecule has 2 rings (SSSR count). The Morgan fingerprint density at radius 1 is 1.62 bits per heavy atom. The summed E-state index contributed by atoms with van der Waals surface area (Å²) in [7, 11) is 0. The summed E-state index contributed by atoms with van der Waals surface area (Å²) in [5.74, 6) is -2.73. The van der Waals surface area contributed by atoms with E-state index in [1.165, 1.54) is 11.3 Å². The second-order valence-electron chi connectivity index (χ2n) is 3.39. The predicted octanol–water partition coefficient (Wildman–Crippen LogP) is 3.01. The van der Waals surface area contributed by atoms with E-state index in [1.807, 2.05) is 13.0 Å². The van der Waals surface area contributed by atoms with Crippen LogP contribution in [0.3, 0.4) is 0 Å². The summed E-state index contributed by atoms with van der Waals surface area (Å²) >= 11 is 4.58. The van der Waals surface area contributed by atoms with Gasteiger partial charge in [-0.05, 0) is 28.9 Å². The molecule has 1 atom stereocenters. The number of alkyl halides is 2. The van der Waals surface area contributed by atoms with Gasteiger partial charge in [0.2, 0.25) is 0 Å². The van der Waals surface area contributed by atoms with Gasteiger partial charge in [-0.25, -0.2) is 8.78 Å². The van der Waals surface area contributed by atoms with Crippen LogP contribution in [0.15, 0.2) is 10.5 Å². The van der Waals surface area contributed by atoms with Crippen LogP contribution < -0.4 is 5.73 Å². The fourth-order valence-corrected chi connectivity index (χ4v) is 3.49. The SMILES string of the molecule is Cc1cc(Br)c(C2(N)CC2(F)F)s1. The standard InChI is InChI=1S/C8H8BrF2NS/c1-4-2-5(9)6(13-4)7(12)3-8(7,10)11/h2H,3,12H2,1H3. The maximum atomic E-state index is 12.9. The van der Waals surface area contributed by atoms with Gasteiger partial charge in [-0.1, -0.05) is 0 Å². The van der Waals surface area contributed by atoms with E-state index in [0.29, 0.717) is 9.35 Å². The number of hydrogen-bond acceptors (Lipinski definition) is 2. The van der Waals surface area contributed by atoms with Gasteiger partial charge in [0.1, 0.15) is 5.54 Å². The second-order valence-corrected chi connectivity index (χ2v) is 5.50. The Labute approximate surface area is 87.1 Å². The summed E-state index contributed by atoms with van der Waals surface area (Å²) in [6.45, 7) is 1.88. The van der Waals surface area contributed by atoms with Crippen LogP contribution in [0.4, 0.5) is 8.78 Å². The second kappa shape index (κ2) is 2.52. The molecule has 0 saturated heterocycles. The fraction of sp³-hybridized carbons (Fsp3) is 0.500. The summed E-state index contributed by atoms with van der Waals surface area (Å²) < 4.78 is 26.5. The molecule has 1 unspecified atom stereocenters. The van der Waals surface area contributed by atoms with Crippen molar-refractivity contribution in [3.8, 4) is 0 Å². The van der Waals surface area contributed by atoms with Crippen molar-refractivity contribution in [3.05, 3.63) is 20.3 Å². The van der Waals surface area contributed by atoms with E-state index in [4.69, 9.17) is 5.73 Å². The molecule has 1 aliphatic rings. The molecule has 0 spiro atoms. The lowest BCUT2D eigenvalue weighted by Gasteiger charge is -2.07. The number of nitrogens with two attached hydrogens (primary N) is 1. The van der Waals surface area contributed by atoms with Crippen molar-refractivity contribution in [2.45, 2.75) is 24.8 Å². The first-order chi connectivity index (χ1) is 5.87. The normalized spacial score (nSPS) is 30.5. The van der Waals surface area contributed by atoms with Crippen LogP contribution in [-0.4, -0.2) is 5.92 Å². The molecule has 0 bridgehead atoms. The molecule has 1 saturated carbocycles. The van der Waals surface area contributed by atoms with Crippen LogP contribution in [0.1, 0.15) is 16.2 Å². The van der Waals surface area contributed by atoms with Gasteiger partial charge in [0.25, 0.3) is 5.92 Å². The minimum atomic E-state index is -2.73. The highest BCUT2D eigenvalue weighted by Crippen LogP contribution is 2.60. The van der Waals surface area contributed by atoms with Gasteiger partial charge in [-0.2, -0.15) is 0 Å². The zero-order valence-electron chi connectivity index (χ0n) is 6.90. The van der Waals surface area contributed by atoms with E-state index in [9.17, 15) is 8.78 Å². The van der Waals surface area contributed by atoms with Crippen LogP contribution in [0, 0.1) is 6.92 Å². The average molecular weight is 268 g/mol. The van der Waals surface area contributed by atoms with Gasteiger partial charge in [0.15, 0.2) is 0 Å². The monoisotopic (exact) mass is 267 g/mol. The third-order valence-electron chi connectivity index (χ3n) is 2.24. The van der Waals surface area contributed by atoms with E-state index in [0.717, 1.165) is 4.88 Å². The van der Waals surface area contributed by atoms with Gasteiger partial charge < -0.3 is 5.73 Å². The Kier molecular flexibility index (Phi) is 1.85. The molecule has 1 aromatic heterocycles. The minimum Gasteiger partial charge on any atom is -0.316 e. The lowest BCUT2D eigenvalue weighted by atomic mass is 10.2. The predicted molar refractivity (Wildman–Crippen MR) is 52.2 cm³/mol. The molecule has 2 N–H and O–H groups in total. The smallest absolute Gasteiger partial charge is 0.273 e. The zero-order valence-corrected chi connectivity index (χ0v) is 9.31. The van der Waals surface area contributed by atoms with Crippen molar-refractivity contribution in [3.63, 3.8) is 0 Å². The molecule has 13 heavy (non-hydrogen) atoms. The van der Waals surface area contributed by atoms with Gasteiger partial charge in [-0.3, -0.25) is 0 Å². The Bertz CT molecular complexity index is 363. The van der Waals surface area contributed by atoms with Crippen molar-refractivity contribution >= 4 is 27.3 Å². The van der Waals surface area contributed by atoms with Crippen LogP contribution in [0.25, 0.3) is 0 Å². The van der Waals surface area contributed by atoms with Crippen LogP contribution >= 0.6 is 27.3 Å². The van der Waals surface area contributed by atoms with Crippen molar-refractivity contribution in [2.24, 2.45) is 5.73 Å². The molecule has 1 aromatic rings. The average Bonchev–Trinajstić information content (AvgIpc) is 2.34. The molecular weight excluding hydrogens is 260 g/mol. The molecule has 5 heteroatoms. The minimum absolute atomic E-state index is 0.238. The third kappa shape index (κ3) is 1.25. The Morgan fingerprint density at radius 3 is 2.46 bits per heavy atom. The quantitative estimate of drug-likeness (QED) is 0.832. The molecule has 72 valence electrons. The van der Waals surface area contributed by atoms with E-state index in [2.05, 4.69) is 15.9 Å². The van der Waals surface area contributed by atoms with Crippen LogP contribution in [0.5, 0.6) is 0 Å². The molecule has 0 aliphatic heterocycles. The van der Waals surface area contributed by atoms with E-state index in [-0.39, 0.29) is 6.42 Å². The summed E-state index contributed by atoms with van der Waals surface area (Å²) in [6, 6.07) is 1.82. The zero-order chi connectivity index (χ0) is 9.85. The summed E-state index contributed by atoms with van der Waals surface area (Å²) in [6.07, 6.45) is -0.238. The number of hydrogen-bond donors (Lipinski definition) is 1. The van der Waals surface area contributed by atoms with Gasteiger partial charge in [0, 0.05) is 20.6 Å². The Balaban J connectivity index is 2.43. The molecule has 1 heterocycles. The third-order valence-corrected chi connectivity index (χ3v) is 4.36. The molecule has 1 nitrogen and oxygen atoms in total. The Hall–Kier alpha value is -0.0000000000000000555. The number of halogens is 3. The first-order valence-electron chi connectivity index (χ1n) is 3.80. The van der Waals surface area contributed by atoms with E-state index < -0.39 is 11.5 Å². The largest absolute Gasteiger partial charge is 0.316 e. The first-order valence-corrected chi connectivity index (χ1v) is 5.41. The maximum absolute atomic E-state index is 12.9. The van der Waals surface area contributed by atoms with E-state index >= 15 is 0 Å². The Morgan fingerprint density at radius 2 is 2.15 bits per heavy atom. The maximum Gasteiger partial charge on any atom is 0.273 e. The van der Waals surface area contributed by atoms with Crippen LogP contribution in [0.2, 0.25) is 0 Å². The molecule has 0 amide bonds. The number of aryl methyl sites for hydroxylation is 1. The topological polar surface area (TPSA) is 26.0 Å². The molecular formula is C8H8BrF2NS. The lowest BCUT2D eigenvalue weighted by molar-refractivity contribution is 0.0898. The van der Waals surface area contributed by atoms with Crippen molar-refractivity contribution in [2.75, 3.05) is 0 Å². The van der Waals surface area contributed by atoms with Gasteiger partial charge >= 0.3 is 0 Å². The van der Waals surface area contributed by atoms with E-state index in [1.54, 1.807) is 0 Å². The first kappa shape index (κ1) is 9.55. The van der Waals surface area contributed by atoms with Crippen molar-refractivity contribution in [1.29, 1.82) is 0 Å². The molecule has 0 radical (unpaired) electrons. The van der Waals surface area contributed by atoms with Crippen molar-refractivity contribution in [1.82, 2.24) is 0 Å². The molecule has 0 aromatic carbocycles. The van der Waals surface area contributed by atoms with Crippen molar-refractivity contribution < 1.29 is 8.78 Å². The fourth-order valence-electron chi connectivity index (χ4n) is 1.34. The summed E-state index contributed by atoms with van der Waals surface area (Å²) in [4.78, 5) is 1.56. The lowest BCUT2D eigenvalue weighted by Crippen LogP contribution is -2.26. The molecule has 1 aliphatic carbocycles. The molecule has 1 fully saturated rings. The van der Waals surface area contributed by atoms with Crippen LogP contribution in [-0.2, 0) is 5.54 Å². The summed E-state index contributed by atoms with van der Waals surface area (Å²) in [5.41, 5.74) is 4.18. The van der Waals surface area contributed by atoms with Gasteiger partial charge in [0.05, 0.1) is 0 Å².